The van der Waals surface area contributed by atoms with Gasteiger partial charge in [-0.2, -0.15) is 5.10 Å². The second kappa shape index (κ2) is 5.48. The second-order valence-electron chi connectivity index (χ2n) is 5.79. The van der Waals surface area contributed by atoms with Crippen molar-refractivity contribution in [1.82, 2.24) is 15.1 Å². The van der Waals surface area contributed by atoms with Crippen LogP contribution < -0.4 is 5.32 Å². The maximum absolute atomic E-state index is 11.8. The molecule has 0 radical (unpaired) electrons. The van der Waals surface area contributed by atoms with Gasteiger partial charge in [-0.15, -0.1) is 0 Å². The monoisotopic (exact) mass is 287 g/mol. The number of carboxylic acid groups (broad SMARTS) is 1. The molecule has 2 N–H and O–H groups in total. The van der Waals surface area contributed by atoms with E-state index in [1.807, 2.05) is 28.9 Å². The zero-order valence-corrected chi connectivity index (χ0v) is 12.3. The van der Waals surface area contributed by atoms with E-state index in [1.54, 1.807) is 0 Å². The maximum atomic E-state index is 11.8. The molecule has 21 heavy (non-hydrogen) atoms. The van der Waals surface area contributed by atoms with E-state index in [0.717, 1.165) is 36.2 Å². The van der Waals surface area contributed by atoms with Crippen LogP contribution in [0.1, 0.15) is 25.5 Å². The fraction of sp³-hybridized carbons (Fsp3) is 0.500. The zero-order chi connectivity index (χ0) is 14.9. The van der Waals surface area contributed by atoms with Gasteiger partial charge in [-0.1, -0.05) is 18.2 Å². The van der Waals surface area contributed by atoms with Gasteiger partial charge in [-0.3, -0.25) is 9.48 Å². The Hall–Kier alpha value is -1.88. The van der Waals surface area contributed by atoms with Gasteiger partial charge >= 0.3 is 5.97 Å². The van der Waals surface area contributed by atoms with E-state index in [4.69, 9.17) is 0 Å². The molecule has 0 unspecified atom stereocenters. The summed E-state index contributed by atoms with van der Waals surface area (Å²) in [5.41, 5.74) is 1.32. The zero-order valence-electron chi connectivity index (χ0n) is 12.3. The summed E-state index contributed by atoms with van der Waals surface area (Å²) >= 11 is 0. The van der Waals surface area contributed by atoms with Gasteiger partial charge in [0.15, 0.2) is 0 Å². The average molecular weight is 287 g/mol. The lowest BCUT2D eigenvalue weighted by Gasteiger charge is -2.33. The predicted molar refractivity (Wildman–Crippen MR) is 81.3 cm³/mol. The van der Waals surface area contributed by atoms with Gasteiger partial charge in [-0.25, -0.2) is 0 Å². The number of carboxylic acids is 1. The SMILES string of the molecule is CCn1nc(CC2(C(=O)O)CCNCC2)c2ccccc21. The topological polar surface area (TPSA) is 67.2 Å². The molecule has 3 rings (SSSR count). The van der Waals surface area contributed by atoms with Crippen molar-refractivity contribution in [2.75, 3.05) is 13.1 Å². The summed E-state index contributed by atoms with van der Waals surface area (Å²) in [6.07, 6.45) is 1.84. The minimum absolute atomic E-state index is 0.511. The highest BCUT2D eigenvalue weighted by atomic mass is 16.4. The summed E-state index contributed by atoms with van der Waals surface area (Å²) in [5.74, 6) is -0.695. The van der Waals surface area contributed by atoms with Crippen molar-refractivity contribution in [1.29, 1.82) is 0 Å². The van der Waals surface area contributed by atoms with Crippen molar-refractivity contribution < 1.29 is 9.90 Å². The Balaban J connectivity index is 2.02. The number of benzene rings is 1. The van der Waals surface area contributed by atoms with Gasteiger partial charge in [0.2, 0.25) is 0 Å². The normalized spacial score (nSPS) is 18.0. The largest absolute Gasteiger partial charge is 0.481 e. The van der Waals surface area contributed by atoms with Crippen molar-refractivity contribution in [3.8, 4) is 0 Å². The summed E-state index contributed by atoms with van der Waals surface area (Å²) in [5, 5.41) is 18.7. The molecule has 112 valence electrons. The van der Waals surface area contributed by atoms with Crippen LogP contribution in [-0.4, -0.2) is 33.9 Å². The molecule has 1 aliphatic heterocycles. The molecule has 0 saturated carbocycles. The van der Waals surface area contributed by atoms with Gasteiger partial charge in [0.25, 0.3) is 0 Å². The van der Waals surface area contributed by atoms with Crippen LogP contribution in [0.5, 0.6) is 0 Å². The number of aliphatic carboxylic acids is 1. The lowest BCUT2D eigenvalue weighted by atomic mass is 9.75. The van der Waals surface area contributed by atoms with Crippen molar-refractivity contribution >= 4 is 16.9 Å². The molecule has 2 heterocycles. The highest BCUT2D eigenvalue weighted by Gasteiger charge is 2.40. The Kier molecular flexibility index (Phi) is 3.68. The van der Waals surface area contributed by atoms with E-state index < -0.39 is 11.4 Å². The number of para-hydroxylation sites is 1. The molecule has 5 nitrogen and oxygen atoms in total. The molecule has 1 saturated heterocycles. The van der Waals surface area contributed by atoms with Gasteiger partial charge in [0, 0.05) is 18.4 Å². The van der Waals surface area contributed by atoms with Crippen LogP contribution in [0.15, 0.2) is 24.3 Å². The Morgan fingerprint density at radius 3 is 2.76 bits per heavy atom. The van der Waals surface area contributed by atoms with E-state index >= 15 is 0 Å². The minimum Gasteiger partial charge on any atom is -0.481 e. The van der Waals surface area contributed by atoms with Crippen molar-refractivity contribution in [2.24, 2.45) is 5.41 Å². The molecule has 1 aliphatic rings. The molecule has 1 fully saturated rings. The second-order valence-corrected chi connectivity index (χ2v) is 5.79. The van der Waals surface area contributed by atoms with Crippen LogP contribution in [0.2, 0.25) is 0 Å². The number of nitrogens with one attached hydrogen (secondary N) is 1. The number of aryl methyl sites for hydroxylation is 1. The summed E-state index contributed by atoms with van der Waals surface area (Å²) in [6, 6.07) is 8.08. The third-order valence-corrected chi connectivity index (χ3v) is 4.55. The Morgan fingerprint density at radius 1 is 1.38 bits per heavy atom. The minimum atomic E-state index is -0.695. The fourth-order valence-electron chi connectivity index (χ4n) is 3.26. The van der Waals surface area contributed by atoms with Crippen molar-refractivity contribution in [3.63, 3.8) is 0 Å². The first kappa shape index (κ1) is 14.1. The first-order valence-electron chi connectivity index (χ1n) is 7.55. The van der Waals surface area contributed by atoms with Crippen LogP contribution in [-0.2, 0) is 17.8 Å². The number of hydrogen-bond donors (Lipinski definition) is 2. The highest BCUT2D eigenvalue weighted by molar-refractivity contribution is 5.83. The third kappa shape index (κ3) is 2.42. The van der Waals surface area contributed by atoms with Crippen LogP contribution >= 0.6 is 0 Å². The Labute approximate surface area is 124 Å². The summed E-state index contributed by atoms with van der Waals surface area (Å²) in [6.45, 7) is 4.38. The molecule has 0 aliphatic carbocycles. The van der Waals surface area contributed by atoms with Gasteiger partial charge in [0.05, 0.1) is 16.6 Å². The van der Waals surface area contributed by atoms with E-state index in [2.05, 4.69) is 17.3 Å². The van der Waals surface area contributed by atoms with Gasteiger partial charge < -0.3 is 10.4 Å². The predicted octanol–water partition coefficient (Wildman–Crippen LogP) is 2.05. The standard InChI is InChI=1S/C16H21N3O2/c1-2-19-14-6-4-3-5-12(14)13(18-19)11-16(15(20)21)7-9-17-10-8-16/h3-6,17H,2,7-11H2,1H3,(H,20,21). The van der Waals surface area contributed by atoms with Crippen LogP contribution in [0.25, 0.3) is 10.9 Å². The first-order chi connectivity index (χ1) is 10.2. The number of hydrogen-bond acceptors (Lipinski definition) is 3. The fourth-order valence-corrected chi connectivity index (χ4v) is 3.26. The molecular weight excluding hydrogens is 266 g/mol. The number of fused-ring (bicyclic) bond motifs is 1. The highest BCUT2D eigenvalue weighted by Crippen LogP contribution is 2.35. The summed E-state index contributed by atoms with van der Waals surface area (Å²) in [4.78, 5) is 11.8. The Bertz CT molecular complexity index is 657. The molecule has 1 aromatic heterocycles. The van der Waals surface area contributed by atoms with E-state index in [9.17, 15) is 9.90 Å². The first-order valence-corrected chi connectivity index (χ1v) is 7.55. The number of carbonyl (C=O) groups is 1. The molecule has 0 bridgehead atoms. The van der Waals surface area contributed by atoms with Crippen molar-refractivity contribution in [3.05, 3.63) is 30.0 Å². The lowest BCUT2D eigenvalue weighted by Crippen LogP contribution is -2.43. The van der Waals surface area contributed by atoms with Crippen LogP contribution in [0.3, 0.4) is 0 Å². The molecule has 1 aromatic carbocycles. The van der Waals surface area contributed by atoms with E-state index in [0.29, 0.717) is 19.3 Å². The maximum Gasteiger partial charge on any atom is 0.310 e. The number of piperidine rings is 1. The van der Waals surface area contributed by atoms with Crippen LogP contribution in [0.4, 0.5) is 0 Å². The summed E-state index contributed by atoms with van der Waals surface area (Å²) in [7, 11) is 0. The quantitative estimate of drug-likeness (QED) is 0.903. The number of aromatic nitrogens is 2. The molecule has 0 amide bonds. The number of rotatable bonds is 4. The molecule has 2 aromatic rings. The van der Waals surface area contributed by atoms with E-state index in [-0.39, 0.29) is 0 Å². The van der Waals surface area contributed by atoms with Crippen molar-refractivity contribution in [2.45, 2.75) is 32.7 Å². The molecule has 0 atom stereocenters. The van der Waals surface area contributed by atoms with Gasteiger partial charge in [0.1, 0.15) is 0 Å². The number of nitrogens with zero attached hydrogens (tertiary/aromatic N) is 2. The van der Waals surface area contributed by atoms with Gasteiger partial charge in [-0.05, 0) is 38.9 Å². The smallest absolute Gasteiger partial charge is 0.310 e. The molecule has 0 spiro atoms. The average Bonchev–Trinajstić information content (AvgIpc) is 2.86. The Morgan fingerprint density at radius 2 is 2.10 bits per heavy atom. The third-order valence-electron chi connectivity index (χ3n) is 4.55. The van der Waals surface area contributed by atoms with E-state index in [1.165, 1.54) is 0 Å². The summed E-state index contributed by atoms with van der Waals surface area (Å²) < 4.78 is 1.96. The lowest BCUT2D eigenvalue weighted by molar-refractivity contribution is -0.150. The van der Waals surface area contributed by atoms with Crippen LogP contribution in [0, 0.1) is 5.41 Å². The molecular formula is C16H21N3O2. The molecule has 5 heteroatoms.